The average Bonchev–Trinajstić information content (AvgIpc) is 2.87. The van der Waals surface area contributed by atoms with E-state index in [1.807, 2.05) is 75.4 Å². The smallest absolute Gasteiger partial charge is 0.243 e. The number of nitrogens with one attached hydrogen (secondary N) is 1. The maximum Gasteiger partial charge on any atom is 0.243 e. The van der Waals surface area contributed by atoms with Gasteiger partial charge in [-0.15, -0.1) is 0 Å². The first-order valence-electron chi connectivity index (χ1n) is 12.3. The van der Waals surface area contributed by atoms with Gasteiger partial charge < -0.3 is 10.2 Å². The Balaban J connectivity index is 1.91. The second-order valence-electron chi connectivity index (χ2n) is 9.12. The van der Waals surface area contributed by atoms with Crippen molar-refractivity contribution < 1.29 is 9.59 Å². The summed E-state index contributed by atoms with van der Waals surface area (Å²) < 4.78 is 0. The predicted octanol–water partition coefficient (Wildman–Crippen LogP) is 6.14. The van der Waals surface area contributed by atoms with Crippen molar-refractivity contribution in [3.8, 4) is 0 Å². The third-order valence-corrected chi connectivity index (χ3v) is 6.69. The number of aryl methyl sites for hydroxylation is 2. The molecule has 3 rings (SSSR count). The highest BCUT2D eigenvalue weighted by Gasteiger charge is 2.31. The molecule has 0 fully saturated rings. The molecule has 35 heavy (non-hydrogen) atoms. The molecule has 4 nitrogen and oxygen atoms in total. The first kappa shape index (κ1) is 26.5. The molecule has 0 aliphatic heterocycles. The van der Waals surface area contributed by atoms with Crippen LogP contribution in [0.4, 0.5) is 0 Å². The molecular formula is C30H35ClN2O2. The van der Waals surface area contributed by atoms with Crippen LogP contribution in [-0.4, -0.2) is 28.8 Å². The molecule has 0 unspecified atom stereocenters. The molecule has 0 aromatic heterocycles. The predicted molar refractivity (Wildman–Crippen MR) is 143 cm³/mol. The lowest BCUT2D eigenvalue weighted by molar-refractivity contribution is -0.141. The second-order valence-corrected chi connectivity index (χ2v) is 9.53. The van der Waals surface area contributed by atoms with Crippen molar-refractivity contribution in [1.29, 1.82) is 0 Å². The number of rotatable bonds is 11. The van der Waals surface area contributed by atoms with Gasteiger partial charge in [-0.2, -0.15) is 0 Å². The van der Waals surface area contributed by atoms with Crippen LogP contribution in [-0.2, 0) is 29.0 Å². The summed E-state index contributed by atoms with van der Waals surface area (Å²) in [5.74, 6) is -0.204. The zero-order valence-corrected chi connectivity index (χ0v) is 21.6. The Labute approximate surface area is 214 Å². The van der Waals surface area contributed by atoms with Crippen LogP contribution in [0.25, 0.3) is 0 Å². The van der Waals surface area contributed by atoms with Crippen molar-refractivity contribution in [3.05, 3.63) is 106 Å². The van der Waals surface area contributed by atoms with E-state index in [1.165, 1.54) is 5.56 Å². The van der Waals surface area contributed by atoms with Gasteiger partial charge in [-0.05, 0) is 49.4 Å². The highest BCUT2D eigenvalue weighted by atomic mass is 35.5. The van der Waals surface area contributed by atoms with E-state index >= 15 is 0 Å². The van der Waals surface area contributed by atoms with E-state index in [9.17, 15) is 9.59 Å². The van der Waals surface area contributed by atoms with E-state index in [-0.39, 0.29) is 24.4 Å². The molecule has 184 valence electrons. The summed E-state index contributed by atoms with van der Waals surface area (Å²) in [6.45, 7) is 6.34. The summed E-state index contributed by atoms with van der Waals surface area (Å²) in [4.78, 5) is 28.9. The van der Waals surface area contributed by atoms with E-state index in [0.29, 0.717) is 24.3 Å². The number of benzene rings is 3. The fourth-order valence-corrected chi connectivity index (χ4v) is 4.15. The van der Waals surface area contributed by atoms with Gasteiger partial charge in [0.2, 0.25) is 11.8 Å². The van der Waals surface area contributed by atoms with E-state index in [2.05, 4.69) is 29.6 Å². The van der Waals surface area contributed by atoms with Crippen molar-refractivity contribution in [3.63, 3.8) is 0 Å². The summed E-state index contributed by atoms with van der Waals surface area (Å²) >= 11 is 6.47. The van der Waals surface area contributed by atoms with Crippen molar-refractivity contribution in [2.24, 2.45) is 0 Å². The van der Waals surface area contributed by atoms with Crippen molar-refractivity contribution in [1.82, 2.24) is 10.2 Å². The van der Waals surface area contributed by atoms with Crippen LogP contribution in [0.15, 0.2) is 78.9 Å². The lowest BCUT2D eigenvalue weighted by atomic mass is 10.0. The number of hydrogen-bond donors (Lipinski definition) is 1. The summed E-state index contributed by atoms with van der Waals surface area (Å²) in [5, 5.41) is 3.69. The van der Waals surface area contributed by atoms with Gasteiger partial charge >= 0.3 is 0 Å². The maximum absolute atomic E-state index is 13.7. The minimum atomic E-state index is -0.645. The highest BCUT2D eigenvalue weighted by Crippen LogP contribution is 2.22. The largest absolute Gasteiger partial charge is 0.352 e. The van der Waals surface area contributed by atoms with Crippen LogP contribution in [0.1, 0.15) is 48.9 Å². The zero-order chi connectivity index (χ0) is 25.2. The Hall–Kier alpha value is -3.11. The molecule has 0 bridgehead atoms. The van der Waals surface area contributed by atoms with Crippen LogP contribution in [0, 0.1) is 6.92 Å². The molecule has 3 aromatic rings. The van der Waals surface area contributed by atoms with Gasteiger partial charge in [-0.1, -0.05) is 96.9 Å². The molecule has 5 heteroatoms. The monoisotopic (exact) mass is 490 g/mol. The Morgan fingerprint density at radius 2 is 1.57 bits per heavy atom. The topological polar surface area (TPSA) is 49.4 Å². The standard InChI is InChI=1S/C30H35ClN2O2/c1-4-23(3)32-30(35)28(20-25-10-6-5-7-11-25)33(21-26-12-8-9-13-27(26)31)29(34)19-18-24-16-14-22(2)15-17-24/h5-17,23,28H,4,18-21H2,1-3H3,(H,32,35)/t23-,28-/m1/s1. The van der Waals surface area contributed by atoms with E-state index < -0.39 is 6.04 Å². The summed E-state index contributed by atoms with van der Waals surface area (Å²) in [6, 6.07) is 24.9. The fourth-order valence-electron chi connectivity index (χ4n) is 3.95. The molecule has 0 heterocycles. The molecule has 3 aromatic carbocycles. The quantitative estimate of drug-likeness (QED) is 0.351. The van der Waals surface area contributed by atoms with Crippen LogP contribution in [0.2, 0.25) is 5.02 Å². The van der Waals surface area contributed by atoms with E-state index in [4.69, 9.17) is 11.6 Å². The molecule has 0 spiro atoms. The molecule has 2 atom stereocenters. The summed E-state index contributed by atoms with van der Waals surface area (Å²) in [5.41, 5.74) is 4.12. The van der Waals surface area contributed by atoms with Gasteiger partial charge in [0.25, 0.3) is 0 Å². The minimum Gasteiger partial charge on any atom is -0.352 e. The first-order chi connectivity index (χ1) is 16.9. The Morgan fingerprint density at radius 1 is 0.914 bits per heavy atom. The molecule has 0 radical (unpaired) electrons. The molecule has 1 N–H and O–H groups in total. The molecule has 0 saturated carbocycles. The third-order valence-electron chi connectivity index (χ3n) is 6.32. The number of carbonyl (C=O) groups is 2. The third kappa shape index (κ3) is 7.97. The zero-order valence-electron chi connectivity index (χ0n) is 20.8. The molecular weight excluding hydrogens is 456 g/mol. The van der Waals surface area contributed by atoms with Gasteiger partial charge in [-0.25, -0.2) is 0 Å². The van der Waals surface area contributed by atoms with Crippen LogP contribution >= 0.6 is 11.6 Å². The second kappa shape index (κ2) is 13.1. The first-order valence-corrected chi connectivity index (χ1v) is 12.7. The van der Waals surface area contributed by atoms with Gasteiger partial charge in [0.1, 0.15) is 6.04 Å². The Morgan fingerprint density at radius 3 is 2.23 bits per heavy atom. The van der Waals surface area contributed by atoms with Crippen molar-refractivity contribution >= 4 is 23.4 Å². The van der Waals surface area contributed by atoms with Crippen molar-refractivity contribution in [2.45, 2.75) is 65.1 Å². The van der Waals surface area contributed by atoms with E-state index in [1.54, 1.807) is 4.90 Å². The number of halogens is 1. The molecule has 0 aliphatic carbocycles. The van der Waals surface area contributed by atoms with Gasteiger partial charge in [0, 0.05) is 30.5 Å². The Kier molecular flexibility index (Phi) is 9.92. The lowest BCUT2D eigenvalue weighted by Crippen LogP contribution is -2.52. The number of hydrogen-bond acceptors (Lipinski definition) is 2. The fraction of sp³-hybridized carbons (Fsp3) is 0.333. The summed E-state index contributed by atoms with van der Waals surface area (Å²) in [7, 11) is 0. The normalized spacial score (nSPS) is 12.6. The van der Waals surface area contributed by atoms with Crippen LogP contribution < -0.4 is 5.32 Å². The minimum absolute atomic E-state index is 0.0191. The number of amides is 2. The van der Waals surface area contributed by atoms with Crippen LogP contribution in [0.3, 0.4) is 0 Å². The summed E-state index contributed by atoms with van der Waals surface area (Å²) in [6.07, 6.45) is 2.18. The number of carbonyl (C=O) groups excluding carboxylic acids is 2. The van der Waals surface area contributed by atoms with Gasteiger partial charge in [0.05, 0.1) is 0 Å². The Bertz CT molecular complexity index is 1100. The highest BCUT2D eigenvalue weighted by molar-refractivity contribution is 6.31. The van der Waals surface area contributed by atoms with Gasteiger partial charge in [-0.3, -0.25) is 9.59 Å². The van der Waals surface area contributed by atoms with Gasteiger partial charge in [0.15, 0.2) is 0 Å². The van der Waals surface area contributed by atoms with Crippen LogP contribution in [0.5, 0.6) is 0 Å². The molecule has 0 aliphatic rings. The number of nitrogens with zero attached hydrogens (tertiary/aromatic N) is 1. The molecule has 2 amide bonds. The SMILES string of the molecule is CC[C@@H](C)NC(=O)[C@@H](Cc1ccccc1)N(Cc1ccccc1Cl)C(=O)CCc1ccc(C)cc1. The molecule has 0 saturated heterocycles. The van der Waals surface area contributed by atoms with Crippen molar-refractivity contribution in [2.75, 3.05) is 0 Å². The van der Waals surface area contributed by atoms with E-state index in [0.717, 1.165) is 23.1 Å². The average molecular weight is 491 g/mol. The maximum atomic E-state index is 13.7. The lowest BCUT2D eigenvalue weighted by Gasteiger charge is -2.32.